The Morgan fingerprint density at radius 3 is 2.86 bits per heavy atom. The molecule has 0 spiro atoms. The molecular formula is C20H27N5O3. The Morgan fingerprint density at radius 1 is 1.29 bits per heavy atom. The first kappa shape index (κ1) is 20.0. The van der Waals surface area contributed by atoms with Crippen molar-refractivity contribution in [3.05, 3.63) is 29.8 Å². The number of esters is 1. The fourth-order valence-corrected chi connectivity index (χ4v) is 3.46. The van der Waals surface area contributed by atoms with Crippen molar-refractivity contribution < 1.29 is 14.3 Å². The van der Waals surface area contributed by atoms with Gasteiger partial charge in [-0.25, -0.2) is 4.79 Å². The number of carbonyl (C=O) groups is 2. The minimum Gasteiger partial charge on any atom is -0.459 e. The van der Waals surface area contributed by atoms with E-state index in [1.165, 1.54) is 11.2 Å². The molecule has 2 heterocycles. The summed E-state index contributed by atoms with van der Waals surface area (Å²) in [5, 5.41) is 12.4. The van der Waals surface area contributed by atoms with Crippen molar-refractivity contribution in [1.82, 2.24) is 25.1 Å². The second-order valence-corrected chi connectivity index (χ2v) is 7.32. The molecule has 0 aliphatic carbocycles. The Balaban J connectivity index is 1.70. The van der Waals surface area contributed by atoms with E-state index in [1.807, 2.05) is 4.90 Å². The fraction of sp³-hybridized carbons (Fsp3) is 0.550. The van der Waals surface area contributed by atoms with Crippen LogP contribution < -0.4 is 0 Å². The van der Waals surface area contributed by atoms with E-state index in [1.54, 1.807) is 38.1 Å². The minimum absolute atomic E-state index is 0.0183. The molecule has 0 radical (unpaired) electrons. The molecule has 1 aromatic heterocycles. The van der Waals surface area contributed by atoms with Crippen LogP contribution >= 0.6 is 0 Å². The highest BCUT2D eigenvalue weighted by Crippen LogP contribution is 2.20. The van der Waals surface area contributed by atoms with Crippen molar-refractivity contribution in [1.29, 1.82) is 0 Å². The molecule has 1 amide bonds. The van der Waals surface area contributed by atoms with Crippen LogP contribution in [-0.2, 0) is 16.1 Å². The monoisotopic (exact) mass is 385 g/mol. The quantitative estimate of drug-likeness (QED) is 0.710. The molecule has 150 valence electrons. The molecule has 3 rings (SSSR count). The first-order valence-corrected chi connectivity index (χ1v) is 9.86. The number of carbonyl (C=O) groups excluding carboxylic acids is 2. The van der Waals surface area contributed by atoms with E-state index in [9.17, 15) is 9.59 Å². The Bertz CT molecular complexity index is 833. The summed E-state index contributed by atoms with van der Waals surface area (Å²) in [5.74, 6) is -0.00225. The number of hydrogen-bond acceptors (Lipinski definition) is 6. The number of aromatic nitrogens is 4. The molecule has 1 atom stereocenters. The summed E-state index contributed by atoms with van der Waals surface area (Å²) < 4.78 is 5.22. The maximum absolute atomic E-state index is 12.7. The van der Waals surface area contributed by atoms with Gasteiger partial charge in [0.15, 0.2) is 0 Å². The molecule has 8 heteroatoms. The van der Waals surface area contributed by atoms with Crippen LogP contribution in [0.5, 0.6) is 0 Å². The van der Waals surface area contributed by atoms with Gasteiger partial charge in [-0.05, 0) is 56.9 Å². The number of ether oxygens (including phenoxy) is 1. The molecular weight excluding hydrogens is 358 g/mol. The number of nitrogens with zero attached hydrogens (tertiary/aromatic N) is 5. The van der Waals surface area contributed by atoms with Gasteiger partial charge >= 0.3 is 5.97 Å². The van der Waals surface area contributed by atoms with Gasteiger partial charge in [0, 0.05) is 18.2 Å². The van der Waals surface area contributed by atoms with Crippen molar-refractivity contribution >= 4 is 11.9 Å². The Hall–Kier alpha value is -2.77. The van der Waals surface area contributed by atoms with Gasteiger partial charge in [-0.15, -0.1) is 10.2 Å². The number of benzene rings is 1. The van der Waals surface area contributed by atoms with Gasteiger partial charge < -0.3 is 9.64 Å². The second kappa shape index (κ2) is 8.95. The van der Waals surface area contributed by atoms with Gasteiger partial charge in [-0.3, -0.25) is 4.79 Å². The minimum atomic E-state index is -0.393. The normalized spacial score (nSPS) is 17.0. The van der Waals surface area contributed by atoms with Crippen molar-refractivity contribution in [2.75, 3.05) is 6.54 Å². The Labute approximate surface area is 164 Å². The highest BCUT2D eigenvalue weighted by molar-refractivity contribution is 5.90. The predicted molar refractivity (Wildman–Crippen MR) is 103 cm³/mol. The summed E-state index contributed by atoms with van der Waals surface area (Å²) in [6.07, 6.45) is 4.03. The van der Waals surface area contributed by atoms with E-state index < -0.39 is 5.97 Å². The third-order valence-electron chi connectivity index (χ3n) is 4.85. The van der Waals surface area contributed by atoms with Gasteiger partial charge in [-0.1, -0.05) is 19.1 Å². The van der Waals surface area contributed by atoms with E-state index in [2.05, 4.69) is 22.3 Å². The SMILES string of the molecule is CC[C@@H]1CCCCN1C(=O)Cn1nnc(-c2cccc(C(=O)OC(C)C)c2)n1. The third-order valence-corrected chi connectivity index (χ3v) is 4.85. The standard InChI is InChI=1S/C20H27N5O3/c1-4-17-10-5-6-11-24(17)18(26)13-25-22-19(21-23-25)15-8-7-9-16(12-15)20(27)28-14(2)3/h7-9,12,14,17H,4-6,10-11,13H2,1-3H3/t17-/m1/s1. The van der Waals surface area contributed by atoms with Gasteiger partial charge in [0.05, 0.1) is 11.7 Å². The van der Waals surface area contributed by atoms with E-state index >= 15 is 0 Å². The zero-order valence-corrected chi connectivity index (χ0v) is 16.7. The van der Waals surface area contributed by atoms with E-state index in [-0.39, 0.29) is 18.6 Å². The molecule has 0 bridgehead atoms. The highest BCUT2D eigenvalue weighted by atomic mass is 16.5. The molecule has 1 aromatic carbocycles. The average molecular weight is 385 g/mol. The van der Waals surface area contributed by atoms with Gasteiger partial charge in [0.25, 0.3) is 0 Å². The molecule has 0 unspecified atom stereocenters. The summed E-state index contributed by atoms with van der Waals surface area (Å²) >= 11 is 0. The van der Waals surface area contributed by atoms with Crippen LogP contribution in [0.25, 0.3) is 11.4 Å². The molecule has 2 aromatic rings. The Morgan fingerprint density at radius 2 is 2.11 bits per heavy atom. The van der Waals surface area contributed by atoms with Crippen molar-refractivity contribution in [3.63, 3.8) is 0 Å². The first-order chi connectivity index (χ1) is 13.5. The van der Waals surface area contributed by atoms with Gasteiger partial charge in [0.1, 0.15) is 6.54 Å². The van der Waals surface area contributed by atoms with Crippen molar-refractivity contribution in [2.45, 2.75) is 65.1 Å². The van der Waals surface area contributed by atoms with Gasteiger partial charge in [0.2, 0.25) is 11.7 Å². The summed E-state index contributed by atoms with van der Waals surface area (Å²) in [6.45, 7) is 6.57. The zero-order valence-electron chi connectivity index (χ0n) is 16.7. The molecule has 1 aliphatic heterocycles. The number of hydrogen-bond donors (Lipinski definition) is 0. The van der Waals surface area contributed by atoms with Crippen molar-refractivity contribution in [3.8, 4) is 11.4 Å². The summed E-state index contributed by atoms with van der Waals surface area (Å²) in [7, 11) is 0. The summed E-state index contributed by atoms with van der Waals surface area (Å²) in [5.41, 5.74) is 1.08. The number of rotatable bonds is 6. The van der Waals surface area contributed by atoms with Crippen molar-refractivity contribution in [2.24, 2.45) is 0 Å². The molecule has 1 aliphatic rings. The lowest BCUT2D eigenvalue weighted by atomic mass is 10.00. The average Bonchev–Trinajstić information content (AvgIpc) is 3.16. The summed E-state index contributed by atoms with van der Waals surface area (Å²) in [4.78, 5) is 28.0. The van der Waals surface area contributed by atoms with Crippen LogP contribution in [0.3, 0.4) is 0 Å². The fourth-order valence-electron chi connectivity index (χ4n) is 3.46. The molecule has 0 saturated carbocycles. The lowest BCUT2D eigenvalue weighted by molar-refractivity contribution is -0.136. The maximum atomic E-state index is 12.7. The Kier molecular flexibility index (Phi) is 6.38. The van der Waals surface area contributed by atoms with E-state index in [0.29, 0.717) is 23.0 Å². The maximum Gasteiger partial charge on any atom is 0.338 e. The predicted octanol–water partition coefficient (Wildman–Crippen LogP) is 2.70. The largest absolute Gasteiger partial charge is 0.459 e. The molecule has 1 fully saturated rings. The molecule has 0 N–H and O–H groups in total. The van der Waals surface area contributed by atoms with Crippen LogP contribution in [-0.4, -0.2) is 55.7 Å². The third kappa shape index (κ3) is 4.74. The molecule has 28 heavy (non-hydrogen) atoms. The second-order valence-electron chi connectivity index (χ2n) is 7.32. The summed E-state index contributed by atoms with van der Waals surface area (Å²) in [6, 6.07) is 7.20. The lowest BCUT2D eigenvalue weighted by Crippen LogP contribution is -2.45. The highest BCUT2D eigenvalue weighted by Gasteiger charge is 2.26. The number of likely N-dealkylation sites (tertiary alicyclic amines) is 1. The lowest BCUT2D eigenvalue weighted by Gasteiger charge is -2.35. The smallest absolute Gasteiger partial charge is 0.338 e. The van der Waals surface area contributed by atoms with E-state index in [0.717, 1.165) is 25.8 Å². The van der Waals surface area contributed by atoms with Crippen LogP contribution in [0.2, 0.25) is 0 Å². The van der Waals surface area contributed by atoms with Crippen LogP contribution in [0.4, 0.5) is 0 Å². The number of tetrazole rings is 1. The van der Waals surface area contributed by atoms with Crippen LogP contribution in [0, 0.1) is 0 Å². The molecule has 1 saturated heterocycles. The van der Waals surface area contributed by atoms with Crippen LogP contribution in [0.15, 0.2) is 24.3 Å². The topological polar surface area (TPSA) is 90.2 Å². The number of amides is 1. The van der Waals surface area contributed by atoms with E-state index in [4.69, 9.17) is 4.74 Å². The number of piperidine rings is 1. The zero-order chi connectivity index (χ0) is 20.1. The first-order valence-electron chi connectivity index (χ1n) is 9.86. The molecule has 8 nitrogen and oxygen atoms in total. The van der Waals surface area contributed by atoms with Crippen LogP contribution in [0.1, 0.15) is 56.8 Å². The van der Waals surface area contributed by atoms with Gasteiger partial charge in [-0.2, -0.15) is 4.80 Å².